The number of anilines is 1. The van der Waals surface area contributed by atoms with Gasteiger partial charge in [0.05, 0.1) is 0 Å². The highest BCUT2D eigenvalue weighted by Gasteiger charge is 2.24. The van der Waals surface area contributed by atoms with Crippen LogP contribution < -0.4 is 10.2 Å². The van der Waals surface area contributed by atoms with Crippen molar-refractivity contribution < 1.29 is 4.39 Å². The van der Waals surface area contributed by atoms with E-state index in [1.807, 2.05) is 6.07 Å². The lowest BCUT2D eigenvalue weighted by molar-refractivity contribution is 0.323. The topological polar surface area (TPSA) is 15.3 Å². The second-order valence-electron chi connectivity index (χ2n) is 6.50. The van der Waals surface area contributed by atoms with Gasteiger partial charge in [0.15, 0.2) is 0 Å². The van der Waals surface area contributed by atoms with Crippen LogP contribution in [0.15, 0.2) is 18.2 Å². The minimum absolute atomic E-state index is 0.146. The van der Waals surface area contributed by atoms with Gasteiger partial charge in [0.1, 0.15) is 5.82 Å². The Balaban J connectivity index is 2.17. The second kappa shape index (κ2) is 6.57. The molecule has 1 aromatic rings. The summed E-state index contributed by atoms with van der Waals surface area (Å²) in [7, 11) is 0. The van der Waals surface area contributed by atoms with Crippen molar-refractivity contribution in [1.82, 2.24) is 5.32 Å². The summed E-state index contributed by atoms with van der Waals surface area (Å²) < 4.78 is 13.5. The Morgan fingerprint density at radius 2 is 2.05 bits per heavy atom. The van der Waals surface area contributed by atoms with E-state index in [1.165, 1.54) is 12.1 Å². The van der Waals surface area contributed by atoms with E-state index < -0.39 is 0 Å². The third-order valence-electron chi connectivity index (χ3n) is 4.42. The number of benzene rings is 1. The Hall–Kier alpha value is -1.09. The fourth-order valence-corrected chi connectivity index (χ4v) is 2.80. The van der Waals surface area contributed by atoms with Crippen LogP contribution in [0.25, 0.3) is 0 Å². The van der Waals surface area contributed by atoms with Gasteiger partial charge in [-0.2, -0.15) is 0 Å². The number of nitrogens with zero attached hydrogens (tertiary/aromatic N) is 1. The van der Waals surface area contributed by atoms with Crippen LogP contribution >= 0.6 is 0 Å². The molecule has 1 saturated heterocycles. The number of hydrogen-bond donors (Lipinski definition) is 1. The first kappa shape index (κ1) is 15.3. The number of piperidine rings is 1. The zero-order chi connectivity index (χ0) is 14.7. The lowest BCUT2D eigenvalue weighted by atomic mass is 9.88. The molecule has 0 radical (unpaired) electrons. The number of hydrogen-bond acceptors (Lipinski definition) is 2. The van der Waals surface area contributed by atoms with Crippen LogP contribution in [-0.4, -0.2) is 19.1 Å². The molecule has 1 N–H and O–H groups in total. The molecule has 112 valence electrons. The van der Waals surface area contributed by atoms with Crippen molar-refractivity contribution in [2.24, 2.45) is 11.8 Å². The fourth-order valence-electron chi connectivity index (χ4n) is 2.80. The van der Waals surface area contributed by atoms with Gasteiger partial charge < -0.3 is 10.2 Å². The van der Waals surface area contributed by atoms with Gasteiger partial charge in [-0.1, -0.05) is 27.7 Å². The monoisotopic (exact) mass is 278 g/mol. The summed E-state index contributed by atoms with van der Waals surface area (Å²) in [5, 5.41) is 3.40. The molecule has 20 heavy (non-hydrogen) atoms. The quantitative estimate of drug-likeness (QED) is 0.901. The summed E-state index contributed by atoms with van der Waals surface area (Å²) in [6, 6.07) is 5.60. The number of rotatable bonds is 4. The molecule has 0 spiro atoms. The van der Waals surface area contributed by atoms with Crippen molar-refractivity contribution in [3.8, 4) is 0 Å². The van der Waals surface area contributed by atoms with E-state index >= 15 is 0 Å². The van der Waals surface area contributed by atoms with Gasteiger partial charge in [0.2, 0.25) is 0 Å². The Kier molecular flexibility index (Phi) is 5.03. The van der Waals surface area contributed by atoms with E-state index in [4.69, 9.17) is 0 Å². The Morgan fingerprint density at radius 3 is 2.70 bits per heavy atom. The SMILES string of the molecule is CC(C)NCc1cc(F)ccc1N1CCC(C)C(C)C1. The maximum atomic E-state index is 13.5. The third kappa shape index (κ3) is 3.72. The van der Waals surface area contributed by atoms with E-state index in [2.05, 4.69) is 37.9 Å². The van der Waals surface area contributed by atoms with Gasteiger partial charge in [-0.05, 0) is 42.0 Å². The van der Waals surface area contributed by atoms with E-state index in [1.54, 1.807) is 12.1 Å². The standard InChI is InChI=1S/C17H27FN2/c1-12(2)19-10-15-9-16(18)5-6-17(15)20-8-7-13(3)14(4)11-20/h5-6,9,12-14,19H,7-8,10-11H2,1-4H3. The predicted molar refractivity (Wildman–Crippen MR) is 83.5 cm³/mol. The van der Waals surface area contributed by atoms with E-state index in [0.717, 1.165) is 31.1 Å². The first-order chi connectivity index (χ1) is 9.47. The lowest BCUT2D eigenvalue weighted by Gasteiger charge is -2.38. The van der Waals surface area contributed by atoms with Gasteiger partial charge in [0, 0.05) is 31.4 Å². The highest BCUT2D eigenvalue weighted by molar-refractivity contribution is 5.54. The van der Waals surface area contributed by atoms with Crippen molar-refractivity contribution in [3.05, 3.63) is 29.6 Å². The van der Waals surface area contributed by atoms with Crippen LogP contribution in [0.5, 0.6) is 0 Å². The van der Waals surface area contributed by atoms with E-state index in [-0.39, 0.29) is 5.82 Å². The molecule has 2 rings (SSSR count). The summed E-state index contributed by atoms with van der Waals surface area (Å²) in [5.41, 5.74) is 2.26. The molecule has 0 aromatic heterocycles. The van der Waals surface area contributed by atoms with Crippen LogP contribution in [0, 0.1) is 17.7 Å². The fraction of sp³-hybridized carbons (Fsp3) is 0.647. The molecule has 1 aliphatic rings. The second-order valence-corrected chi connectivity index (χ2v) is 6.50. The molecule has 1 aliphatic heterocycles. The van der Waals surface area contributed by atoms with Crippen LogP contribution in [0.2, 0.25) is 0 Å². The molecule has 0 bridgehead atoms. The van der Waals surface area contributed by atoms with Gasteiger partial charge in [0.25, 0.3) is 0 Å². The number of nitrogens with one attached hydrogen (secondary N) is 1. The molecule has 1 aromatic carbocycles. The average Bonchev–Trinajstić information content (AvgIpc) is 2.40. The molecular weight excluding hydrogens is 251 g/mol. The van der Waals surface area contributed by atoms with Gasteiger partial charge in [-0.25, -0.2) is 4.39 Å². The van der Waals surface area contributed by atoms with Gasteiger partial charge >= 0.3 is 0 Å². The molecule has 0 saturated carbocycles. The summed E-state index contributed by atoms with van der Waals surface area (Å²) >= 11 is 0. The normalized spacial score (nSPS) is 23.4. The van der Waals surface area contributed by atoms with Crippen molar-refractivity contribution in [2.75, 3.05) is 18.0 Å². The average molecular weight is 278 g/mol. The van der Waals surface area contributed by atoms with Crippen LogP contribution in [0.3, 0.4) is 0 Å². The molecule has 3 heteroatoms. The first-order valence-electron chi connectivity index (χ1n) is 7.74. The largest absolute Gasteiger partial charge is 0.371 e. The minimum atomic E-state index is -0.146. The highest BCUT2D eigenvalue weighted by atomic mass is 19.1. The Bertz CT molecular complexity index is 445. The summed E-state index contributed by atoms with van der Waals surface area (Å²) in [6.07, 6.45) is 1.22. The Morgan fingerprint density at radius 1 is 1.30 bits per heavy atom. The maximum absolute atomic E-state index is 13.5. The van der Waals surface area contributed by atoms with Crippen LogP contribution in [0.1, 0.15) is 39.7 Å². The van der Waals surface area contributed by atoms with E-state index in [0.29, 0.717) is 12.0 Å². The number of halogens is 1. The Labute approximate surface area is 122 Å². The molecule has 0 aliphatic carbocycles. The van der Waals surface area contributed by atoms with Crippen molar-refractivity contribution in [3.63, 3.8) is 0 Å². The lowest BCUT2D eigenvalue weighted by Crippen LogP contribution is -2.39. The molecule has 0 amide bonds. The molecule has 2 atom stereocenters. The van der Waals surface area contributed by atoms with E-state index in [9.17, 15) is 4.39 Å². The molecule has 1 fully saturated rings. The summed E-state index contributed by atoms with van der Waals surface area (Å²) in [5.74, 6) is 1.33. The maximum Gasteiger partial charge on any atom is 0.123 e. The third-order valence-corrected chi connectivity index (χ3v) is 4.42. The molecule has 2 unspecified atom stereocenters. The zero-order valence-corrected chi connectivity index (χ0v) is 13.1. The molecule has 2 nitrogen and oxygen atoms in total. The highest BCUT2D eigenvalue weighted by Crippen LogP contribution is 2.29. The van der Waals surface area contributed by atoms with Gasteiger partial charge in [-0.3, -0.25) is 0 Å². The van der Waals surface area contributed by atoms with Crippen LogP contribution in [-0.2, 0) is 6.54 Å². The molecular formula is C17H27FN2. The van der Waals surface area contributed by atoms with Gasteiger partial charge in [-0.15, -0.1) is 0 Å². The smallest absolute Gasteiger partial charge is 0.123 e. The van der Waals surface area contributed by atoms with Crippen molar-refractivity contribution in [2.45, 2.75) is 46.7 Å². The predicted octanol–water partition coefficient (Wildman–Crippen LogP) is 3.81. The van der Waals surface area contributed by atoms with Crippen LogP contribution in [0.4, 0.5) is 10.1 Å². The minimum Gasteiger partial charge on any atom is -0.371 e. The summed E-state index contributed by atoms with van der Waals surface area (Å²) in [4.78, 5) is 2.42. The van der Waals surface area contributed by atoms with Crippen molar-refractivity contribution in [1.29, 1.82) is 0 Å². The zero-order valence-electron chi connectivity index (χ0n) is 13.1. The summed E-state index contributed by atoms with van der Waals surface area (Å²) in [6.45, 7) is 11.7. The van der Waals surface area contributed by atoms with Crippen molar-refractivity contribution >= 4 is 5.69 Å². The molecule has 1 heterocycles. The first-order valence-corrected chi connectivity index (χ1v) is 7.74.